The third-order valence-corrected chi connectivity index (χ3v) is 4.10. The Morgan fingerprint density at radius 2 is 2.00 bits per heavy atom. The van der Waals surface area contributed by atoms with Crippen LogP contribution in [0.5, 0.6) is 0 Å². The molecule has 3 nitrogen and oxygen atoms in total. The van der Waals surface area contributed by atoms with Crippen molar-refractivity contribution < 1.29 is 9.53 Å². The summed E-state index contributed by atoms with van der Waals surface area (Å²) in [6.07, 6.45) is 7.01. The fraction of sp³-hybridized carbons (Fsp3) is 0.929. The predicted octanol–water partition coefficient (Wildman–Crippen LogP) is 2.25. The van der Waals surface area contributed by atoms with Gasteiger partial charge in [-0.1, -0.05) is 6.42 Å². The number of nitrogens with zero attached hydrogens (tertiary/aromatic N) is 1. The van der Waals surface area contributed by atoms with Crippen molar-refractivity contribution in [2.24, 2.45) is 5.92 Å². The number of Topliss-reactive ketones (excluding diaryl/α,β-unsaturated/α-hetero) is 1. The normalized spacial score (nSPS) is 28.5. The van der Waals surface area contributed by atoms with Gasteiger partial charge in [0.1, 0.15) is 5.78 Å². The Kier molecular flexibility index (Phi) is 4.99. The van der Waals surface area contributed by atoms with Crippen LogP contribution in [0.15, 0.2) is 0 Å². The summed E-state index contributed by atoms with van der Waals surface area (Å²) in [5, 5.41) is 0. The van der Waals surface area contributed by atoms with Gasteiger partial charge < -0.3 is 9.64 Å². The number of hydrogen-bond donors (Lipinski definition) is 0. The van der Waals surface area contributed by atoms with Gasteiger partial charge in [0, 0.05) is 38.6 Å². The number of rotatable bonds is 4. The Labute approximate surface area is 105 Å². The second kappa shape index (κ2) is 6.50. The van der Waals surface area contributed by atoms with Crippen molar-refractivity contribution in [3.63, 3.8) is 0 Å². The van der Waals surface area contributed by atoms with Crippen LogP contribution in [-0.2, 0) is 9.53 Å². The third-order valence-electron chi connectivity index (χ3n) is 4.10. The molecule has 0 radical (unpaired) electrons. The average molecular weight is 239 g/mol. The summed E-state index contributed by atoms with van der Waals surface area (Å²) in [5.41, 5.74) is 0. The van der Waals surface area contributed by atoms with E-state index in [-0.39, 0.29) is 0 Å². The first-order valence-electron chi connectivity index (χ1n) is 7.16. The van der Waals surface area contributed by atoms with E-state index in [1.54, 1.807) is 0 Å². The van der Waals surface area contributed by atoms with E-state index in [2.05, 4.69) is 11.8 Å². The molecule has 3 heteroatoms. The van der Waals surface area contributed by atoms with E-state index < -0.39 is 0 Å². The smallest absolute Gasteiger partial charge is 0.137 e. The quantitative estimate of drug-likeness (QED) is 0.753. The fourth-order valence-corrected chi connectivity index (χ4v) is 3.05. The lowest BCUT2D eigenvalue weighted by molar-refractivity contribution is -0.125. The Bertz CT molecular complexity index is 247. The minimum absolute atomic E-state index is 0.326. The third kappa shape index (κ3) is 3.78. The molecule has 1 saturated heterocycles. The lowest BCUT2D eigenvalue weighted by Crippen LogP contribution is -2.41. The standard InChI is InChI=1S/C14H25NO2/c1-2-17-13-7-9-15(10-8-13)11-12-5-3-4-6-14(12)16/h12-13H,2-11H2,1H3. The first-order chi connectivity index (χ1) is 8.29. The van der Waals surface area contributed by atoms with Crippen LogP contribution in [-0.4, -0.2) is 43.0 Å². The van der Waals surface area contributed by atoms with Crippen LogP contribution in [0.2, 0.25) is 0 Å². The summed E-state index contributed by atoms with van der Waals surface area (Å²) in [6, 6.07) is 0. The van der Waals surface area contributed by atoms with Crippen molar-refractivity contribution in [2.45, 2.75) is 51.6 Å². The minimum atomic E-state index is 0.326. The number of piperidine rings is 1. The molecular formula is C14H25NO2. The highest BCUT2D eigenvalue weighted by Gasteiger charge is 2.26. The molecule has 1 aliphatic heterocycles. The molecule has 1 aliphatic carbocycles. The molecule has 1 atom stereocenters. The van der Waals surface area contributed by atoms with Gasteiger partial charge in [0.05, 0.1) is 6.10 Å². The number of hydrogen-bond acceptors (Lipinski definition) is 3. The Morgan fingerprint density at radius 3 is 2.65 bits per heavy atom. The van der Waals surface area contributed by atoms with E-state index in [0.29, 0.717) is 17.8 Å². The van der Waals surface area contributed by atoms with Gasteiger partial charge in [-0.2, -0.15) is 0 Å². The van der Waals surface area contributed by atoms with Crippen LogP contribution in [0.4, 0.5) is 0 Å². The van der Waals surface area contributed by atoms with Crippen LogP contribution in [0, 0.1) is 5.92 Å². The Hall–Kier alpha value is -0.410. The SMILES string of the molecule is CCOC1CCN(CC2CCCCC2=O)CC1. The number of ether oxygens (including phenoxy) is 1. The highest BCUT2D eigenvalue weighted by Crippen LogP contribution is 2.23. The first-order valence-corrected chi connectivity index (χ1v) is 7.16. The van der Waals surface area contributed by atoms with Crippen molar-refractivity contribution in [1.82, 2.24) is 4.90 Å². The first kappa shape index (κ1) is 13.0. The van der Waals surface area contributed by atoms with E-state index >= 15 is 0 Å². The van der Waals surface area contributed by atoms with Crippen LogP contribution in [0.1, 0.15) is 45.4 Å². The van der Waals surface area contributed by atoms with E-state index in [1.165, 1.54) is 6.42 Å². The van der Waals surface area contributed by atoms with E-state index in [9.17, 15) is 4.79 Å². The maximum Gasteiger partial charge on any atom is 0.137 e. The van der Waals surface area contributed by atoms with Gasteiger partial charge >= 0.3 is 0 Å². The van der Waals surface area contributed by atoms with E-state index in [1.807, 2.05) is 0 Å². The highest BCUT2D eigenvalue weighted by molar-refractivity contribution is 5.81. The average Bonchev–Trinajstić information content (AvgIpc) is 2.35. The van der Waals surface area contributed by atoms with Gasteiger partial charge in [-0.3, -0.25) is 4.79 Å². The maximum absolute atomic E-state index is 11.8. The number of carbonyl (C=O) groups is 1. The number of carbonyl (C=O) groups excluding carboxylic acids is 1. The molecule has 2 aliphatic rings. The van der Waals surface area contributed by atoms with Gasteiger partial charge in [0.2, 0.25) is 0 Å². The highest BCUT2D eigenvalue weighted by atomic mass is 16.5. The molecule has 0 bridgehead atoms. The molecule has 0 aromatic rings. The fourth-order valence-electron chi connectivity index (χ4n) is 3.05. The summed E-state index contributed by atoms with van der Waals surface area (Å²) < 4.78 is 5.65. The largest absolute Gasteiger partial charge is 0.378 e. The van der Waals surface area contributed by atoms with Crippen molar-refractivity contribution in [2.75, 3.05) is 26.2 Å². The van der Waals surface area contributed by atoms with Crippen LogP contribution >= 0.6 is 0 Å². The second-order valence-electron chi connectivity index (χ2n) is 5.36. The molecule has 0 N–H and O–H groups in total. The number of likely N-dealkylation sites (tertiary alicyclic amines) is 1. The van der Waals surface area contributed by atoms with Gasteiger partial charge in [0.15, 0.2) is 0 Å². The summed E-state index contributed by atoms with van der Waals surface area (Å²) in [5.74, 6) is 0.829. The van der Waals surface area contributed by atoms with Crippen LogP contribution in [0.3, 0.4) is 0 Å². The molecule has 2 rings (SSSR count). The van der Waals surface area contributed by atoms with Crippen molar-refractivity contribution in [1.29, 1.82) is 0 Å². The monoisotopic (exact) mass is 239 g/mol. The van der Waals surface area contributed by atoms with Gasteiger partial charge in [-0.25, -0.2) is 0 Å². The summed E-state index contributed by atoms with van der Waals surface area (Å²) >= 11 is 0. The van der Waals surface area contributed by atoms with Gasteiger partial charge in [-0.05, 0) is 32.6 Å². The predicted molar refractivity (Wildman–Crippen MR) is 68.1 cm³/mol. The zero-order chi connectivity index (χ0) is 12.1. The van der Waals surface area contributed by atoms with Gasteiger partial charge in [-0.15, -0.1) is 0 Å². The van der Waals surface area contributed by atoms with E-state index in [4.69, 9.17) is 4.74 Å². The van der Waals surface area contributed by atoms with Gasteiger partial charge in [0.25, 0.3) is 0 Å². The Balaban J connectivity index is 1.72. The maximum atomic E-state index is 11.8. The van der Waals surface area contributed by atoms with Crippen LogP contribution < -0.4 is 0 Å². The molecule has 1 saturated carbocycles. The van der Waals surface area contributed by atoms with Crippen LogP contribution in [0.25, 0.3) is 0 Å². The topological polar surface area (TPSA) is 29.5 Å². The lowest BCUT2D eigenvalue weighted by Gasteiger charge is -2.34. The van der Waals surface area contributed by atoms with Crippen molar-refractivity contribution in [3.05, 3.63) is 0 Å². The molecule has 17 heavy (non-hydrogen) atoms. The second-order valence-corrected chi connectivity index (χ2v) is 5.36. The number of ketones is 1. The lowest BCUT2D eigenvalue weighted by atomic mass is 9.87. The molecule has 2 fully saturated rings. The van der Waals surface area contributed by atoms with Crippen molar-refractivity contribution >= 4 is 5.78 Å². The minimum Gasteiger partial charge on any atom is -0.378 e. The zero-order valence-corrected chi connectivity index (χ0v) is 11.0. The molecule has 0 aromatic heterocycles. The molecule has 0 spiro atoms. The molecule has 1 heterocycles. The summed E-state index contributed by atoms with van der Waals surface area (Å²) in [7, 11) is 0. The molecule has 1 unspecified atom stereocenters. The Morgan fingerprint density at radius 1 is 1.24 bits per heavy atom. The molecule has 0 amide bonds. The van der Waals surface area contributed by atoms with Crippen molar-refractivity contribution in [3.8, 4) is 0 Å². The molecular weight excluding hydrogens is 214 g/mol. The molecule has 0 aromatic carbocycles. The zero-order valence-electron chi connectivity index (χ0n) is 11.0. The summed E-state index contributed by atoms with van der Waals surface area (Å²) in [6.45, 7) is 6.10. The van der Waals surface area contributed by atoms with E-state index in [0.717, 1.165) is 58.3 Å². The molecule has 98 valence electrons. The summed E-state index contributed by atoms with van der Waals surface area (Å²) in [4.78, 5) is 14.2.